The first-order chi connectivity index (χ1) is 5.31. The summed E-state index contributed by atoms with van der Waals surface area (Å²) < 4.78 is 0. The van der Waals surface area contributed by atoms with Crippen molar-refractivity contribution in [3.63, 3.8) is 0 Å². The fourth-order valence-corrected chi connectivity index (χ4v) is 0.612. The van der Waals surface area contributed by atoms with Crippen LogP contribution in [0.25, 0.3) is 0 Å². The molecule has 0 aromatic rings. The Hall–Kier alpha value is -1.01. The van der Waals surface area contributed by atoms with Crippen LogP contribution in [0.1, 0.15) is 13.3 Å². The number of carbonyl (C=O) groups excluding carboxylic acids is 1. The van der Waals surface area contributed by atoms with Gasteiger partial charge in [0.2, 0.25) is 5.91 Å². The van der Waals surface area contributed by atoms with Crippen molar-refractivity contribution in [2.45, 2.75) is 13.3 Å². The Bertz CT molecular complexity index is 167. The van der Waals surface area contributed by atoms with Gasteiger partial charge in [-0.25, -0.2) is 0 Å². The van der Waals surface area contributed by atoms with Crippen molar-refractivity contribution in [2.75, 3.05) is 20.1 Å². The predicted octanol–water partition coefficient (Wildman–Crippen LogP) is -0.265. The van der Waals surface area contributed by atoms with E-state index in [0.717, 1.165) is 6.42 Å². The van der Waals surface area contributed by atoms with Crippen LogP contribution in [0.15, 0.2) is 0 Å². The minimum Gasteiger partial charge on any atom is -0.354 e. The lowest BCUT2D eigenvalue weighted by Gasteiger charge is -2.00. The number of hydrogen-bond acceptors (Lipinski definition) is 2. The first-order valence-corrected chi connectivity index (χ1v) is 3.62. The molecule has 0 saturated carbocycles. The van der Waals surface area contributed by atoms with Crippen molar-refractivity contribution in [3.8, 4) is 11.8 Å². The van der Waals surface area contributed by atoms with Gasteiger partial charge in [-0.3, -0.25) is 4.79 Å². The molecule has 0 radical (unpaired) electrons. The maximum Gasteiger partial charge on any atom is 0.233 e. The minimum absolute atomic E-state index is 0.0189. The molecule has 0 atom stereocenters. The van der Waals surface area contributed by atoms with Gasteiger partial charge in [-0.15, -0.1) is 11.8 Å². The second-order valence-electron chi connectivity index (χ2n) is 2.06. The Morgan fingerprint density at radius 1 is 1.55 bits per heavy atom. The molecule has 3 heteroatoms. The number of amides is 1. The highest BCUT2D eigenvalue weighted by Gasteiger charge is 1.94. The number of rotatable bonds is 4. The summed E-state index contributed by atoms with van der Waals surface area (Å²) in [5.41, 5.74) is 0. The van der Waals surface area contributed by atoms with E-state index < -0.39 is 0 Å². The molecule has 0 spiro atoms. The molecule has 0 aliphatic rings. The molecule has 11 heavy (non-hydrogen) atoms. The van der Waals surface area contributed by atoms with Crippen LogP contribution in [0, 0.1) is 11.8 Å². The maximum absolute atomic E-state index is 10.8. The van der Waals surface area contributed by atoms with E-state index in [1.54, 1.807) is 14.0 Å². The highest BCUT2D eigenvalue weighted by molar-refractivity contribution is 5.77. The fraction of sp³-hybridized carbons (Fsp3) is 0.625. The Morgan fingerprint density at radius 2 is 2.27 bits per heavy atom. The molecule has 0 aliphatic heterocycles. The van der Waals surface area contributed by atoms with Gasteiger partial charge in [0.1, 0.15) is 0 Å². The predicted molar refractivity (Wildman–Crippen MR) is 45.0 cm³/mol. The topological polar surface area (TPSA) is 41.1 Å². The molecular formula is C8H14N2O. The summed E-state index contributed by atoms with van der Waals surface area (Å²) in [5.74, 6) is 5.64. The molecule has 0 aromatic heterocycles. The molecule has 0 heterocycles. The molecule has 0 aromatic carbocycles. The molecule has 0 fully saturated rings. The van der Waals surface area contributed by atoms with E-state index in [1.165, 1.54) is 0 Å². The largest absolute Gasteiger partial charge is 0.354 e. The molecule has 2 N–H and O–H groups in total. The SMILES string of the molecule is CC#CCCNC(=O)CNC. The van der Waals surface area contributed by atoms with Crippen molar-refractivity contribution in [3.05, 3.63) is 0 Å². The van der Waals surface area contributed by atoms with Gasteiger partial charge >= 0.3 is 0 Å². The summed E-state index contributed by atoms with van der Waals surface area (Å²) in [6.07, 6.45) is 0.728. The lowest BCUT2D eigenvalue weighted by molar-refractivity contribution is -0.120. The van der Waals surface area contributed by atoms with Crippen molar-refractivity contribution < 1.29 is 4.79 Å². The van der Waals surface area contributed by atoms with E-state index in [-0.39, 0.29) is 5.91 Å². The molecule has 1 amide bonds. The molecule has 0 bridgehead atoms. The number of hydrogen-bond donors (Lipinski definition) is 2. The van der Waals surface area contributed by atoms with Gasteiger partial charge in [0, 0.05) is 13.0 Å². The Morgan fingerprint density at radius 3 is 2.82 bits per heavy atom. The third-order valence-corrected chi connectivity index (χ3v) is 1.09. The molecule has 0 saturated heterocycles. The van der Waals surface area contributed by atoms with E-state index in [9.17, 15) is 4.79 Å². The molecule has 0 unspecified atom stereocenters. The summed E-state index contributed by atoms with van der Waals surface area (Å²) in [7, 11) is 1.74. The minimum atomic E-state index is 0.0189. The average Bonchev–Trinajstić information content (AvgIpc) is 1.99. The van der Waals surface area contributed by atoms with Crippen LogP contribution >= 0.6 is 0 Å². The first kappa shape index (κ1) is 9.99. The van der Waals surface area contributed by atoms with Crippen LogP contribution in [-0.2, 0) is 4.79 Å². The van der Waals surface area contributed by atoms with E-state index in [1.807, 2.05) is 0 Å². The molecule has 3 nitrogen and oxygen atoms in total. The smallest absolute Gasteiger partial charge is 0.233 e. The lowest BCUT2D eigenvalue weighted by atomic mass is 10.4. The van der Waals surface area contributed by atoms with Gasteiger partial charge < -0.3 is 10.6 Å². The summed E-state index contributed by atoms with van der Waals surface area (Å²) in [5, 5.41) is 5.47. The average molecular weight is 154 g/mol. The first-order valence-electron chi connectivity index (χ1n) is 3.62. The van der Waals surface area contributed by atoms with Crippen LogP contribution < -0.4 is 10.6 Å². The van der Waals surface area contributed by atoms with Gasteiger partial charge in [-0.05, 0) is 14.0 Å². The number of carbonyl (C=O) groups is 1. The summed E-state index contributed by atoms with van der Waals surface area (Å²) in [4.78, 5) is 10.8. The van der Waals surface area contributed by atoms with Crippen molar-refractivity contribution in [2.24, 2.45) is 0 Å². The third-order valence-electron chi connectivity index (χ3n) is 1.09. The normalized spacial score (nSPS) is 8.18. The fourth-order valence-electron chi connectivity index (χ4n) is 0.612. The van der Waals surface area contributed by atoms with Crippen LogP contribution in [0.2, 0.25) is 0 Å². The van der Waals surface area contributed by atoms with Crippen molar-refractivity contribution in [1.82, 2.24) is 10.6 Å². The highest BCUT2D eigenvalue weighted by atomic mass is 16.1. The van der Waals surface area contributed by atoms with E-state index in [2.05, 4.69) is 22.5 Å². The van der Waals surface area contributed by atoms with Gasteiger partial charge in [0.15, 0.2) is 0 Å². The van der Waals surface area contributed by atoms with Gasteiger partial charge in [-0.1, -0.05) is 0 Å². The second-order valence-corrected chi connectivity index (χ2v) is 2.06. The Kier molecular flexibility index (Phi) is 6.45. The molecule has 0 rings (SSSR count). The van der Waals surface area contributed by atoms with Crippen molar-refractivity contribution >= 4 is 5.91 Å². The van der Waals surface area contributed by atoms with Gasteiger partial charge in [0.05, 0.1) is 6.54 Å². The maximum atomic E-state index is 10.8. The number of nitrogens with one attached hydrogen (secondary N) is 2. The van der Waals surface area contributed by atoms with Crippen LogP contribution in [0.5, 0.6) is 0 Å². The third kappa shape index (κ3) is 6.88. The van der Waals surface area contributed by atoms with Gasteiger partial charge in [0.25, 0.3) is 0 Å². The van der Waals surface area contributed by atoms with Crippen LogP contribution in [-0.4, -0.2) is 26.0 Å². The summed E-state index contributed by atoms with van der Waals surface area (Å²) in [6.45, 7) is 2.80. The monoisotopic (exact) mass is 154 g/mol. The second kappa shape index (κ2) is 7.10. The zero-order valence-electron chi connectivity index (χ0n) is 7.03. The zero-order chi connectivity index (χ0) is 8.53. The van der Waals surface area contributed by atoms with Gasteiger partial charge in [-0.2, -0.15) is 0 Å². The molecule has 0 aliphatic carbocycles. The molecular weight excluding hydrogens is 140 g/mol. The standard InChI is InChI=1S/C8H14N2O/c1-3-4-5-6-10-8(11)7-9-2/h9H,5-7H2,1-2H3,(H,10,11). The Balaban J connectivity index is 3.22. The number of likely N-dealkylation sites (N-methyl/N-ethyl adjacent to an activating group) is 1. The van der Waals surface area contributed by atoms with E-state index in [4.69, 9.17) is 0 Å². The van der Waals surface area contributed by atoms with E-state index in [0.29, 0.717) is 13.1 Å². The Labute approximate surface area is 67.6 Å². The quantitative estimate of drug-likeness (QED) is 0.432. The summed E-state index contributed by atoms with van der Waals surface area (Å²) in [6, 6.07) is 0. The van der Waals surface area contributed by atoms with E-state index >= 15 is 0 Å². The zero-order valence-corrected chi connectivity index (χ0v) is 7.03. The lowest BCUT2D eigenvalue weighted by Crippen LogP contribution is -2.32. The van der Waals surface area contributed by atoms with Crippen LogP contribution in [0.3, 0.4) is 0 Å². The molecule has 62 valence electrons. The van der Waals surface area contributed by atoms with Crippen LogP contribution in [0.4, 0.5) is 0 Å². The van der Waals surface area contributed by atoms with Crippen molar-refractivity contribution in [1.29, 1.82) is 0 Å². The highest BCUT2D eigenvalue weighted by Crippen LogP contribution is 1.71. The summed E-state index contributed by atoms with van der Waals surface area (Å²) >= 11 is 0.